The molecule has 2 unspecified atom stereocenters. The lowest BCUT2D eigenvalue weighted by Crippen LogP contribution is -2.46. The van der Waals surface area contributed by atoms with Gasteiger partial charge in [-0.05, 0) is 19.3 Å². The minimum atomic E-state index is 0.160. The maximum absolute atomic E-state index is 11.8. The highest BCUT2D eigenvalue weighted by Gasteiger charge is 2.37. The summed E-state index contributed by atoms with van der Waals surface area (Å²) in [6.07, 6.45) is 1.15. The smallest absolute Gasteiger partial charge is 0.230 e. The fraction of sp³-hybridized carbons (Fsp3) is 0.900. The average Bonchev–Trinajstić information content (AvgIpc) is 2.29. The van der Waals surface area contributed by atoms with E-state index in [0.29, 0.717) is 31.1 Å². The summed E-state index contributed by atoms with van der Waals surface area (Å²) < 4.78 is 5.03. The Balaban J connectivity index is 1.96. The number of nitrogens with zero attached hydrogens (tertiary/aromatic N) is 1. The van der Waals surface area contributed by atoms with E-state index in [1.54, 1.807) is 0 Å². The Morgan fingerprint density at radius 2 is 2.08 bits per heavy atom. The minimum absolute atomic E-state index is 0.160. The Kier molecular flexibility index (Phi) is 2.28. The minimum Gasteiger partial charge on any atom is -0.380 e. The Morgan fingerprint density at radius 3 is 2.46 bits per heavy atom. The molecule has 0 aromatic heterocycles. The summed E-state index contributed by atoms with van der Waals surface area (Å²) in [5, 5.41) is 0. The largest absolute Gasteiger partial charge is 0.380 e. The molecule has 0 spiro atoms. The topological polar surface area (TPSA) is 29.5 Å². The molecule has 0 N–H and O–H groups in total. The van der Waals surface area contributed by atoms with Gasteiger partial charge in [0, 0.05) is 12.6 Å². The number of carbonyl (C=O) groups excluding carboxylic acids is 1. The van der Waals surface area contributed by atoms with Crippen LogP contribution in [-0.4, -0.2) is 36.6 Å². The van der Waals surface area contributed by atoms with E-state index in [1.807, 2.05) is 4.90 Å². The van der Waals surface area contributed by atoms with Crippen LogP contribution in [0.1, 0.15) is 20.3 Å². The monoisotopic (exact) mass is 183 g/mol. The maximum atomic E-state index is 11.8. The summed E-state index contributed by atoms with van der Waals surface area (Å²) in [5.74, 6) is 1.13. The van der Waals surface area contributed by atoms with Gasteiger partial charge in [0.15, 0.2) is 0 Å². The molecule has 2 saturated heterocycles. The normalized spacial score (nSPS) is 34.8. The molecule has 2 aliphatic rings. The fourth-order valence-electron chi connectivity index (χ4n) is 2.02. The van der Waals surface area contributed by atoms with Gasteiger partial charge < -0.3 is 9.64 Å². The predicted octanol–water partition coefficient (Wildman–Crippen LogP) is 0.890. The quantitative estimate of drug-likeness (QED) is 0.604. The van der Waals surface area contributed by atoms with Crippen molar-refractivity contribution in [3.63, 3.8) is 0 Å². The molecular weight excluding hydrogens is 166 g/mol. The van der Waals surface area contributed by atoms with Crippen molar-refractivity contribution < 1.29 is 9.53 Å². The Morgan fingerprint density at radius 1 is 1.38 bits per heavy atom. The summed E-state index contributed by atoms with van der Waals surface area (Å²) in [7, 11) is 0. The molecule has 1 amide bonds. The molecule has 3 nitrogen and oxygen atoms in total. The summed E-state index contributed by atoms with van der Waals surface area (Å²) in [5.41, 5.74) is 0. The zero-order valence-electron chi connectivity index (χ0n) is 8.32. The van der Waals surface area contributed by atoms with E-state index in [4.69, 9.17) is 4.74 Å². The van der Waals surface area contributed by atoms with Crippen molar-refractivity contribution in [3.05, 3.63) is 0 Å². The van der Waals surface area contributed by atoms with Gasteiger partial charge in [0.2, 0.25) is 5.91 Å². The van der Waals surface area contributed by atoms with E-state index in [2.05, 4.69) is 13.8 Å². The van der Waals surface area contributed by atoms with E-state index in [9.17, 15) is 4.79 Å². The van der Waals surface area contributed by atoms with Crippen LogP contribution in [0, 0.1) is 11.8 Å². The first-order valence-corrected chi connectivity index (χ1v) is 5.08. The standard InChI is InChI=1S/C10H17NO2/c1-7-3-4-11(8(7)2)10(12)9-5-13-6-9/h7-9H,3-6H2,1-2H3. The zero-order valence-corrected chi connectivity index (χ0v) is 8.32. The molecule has 2 rings (SSSR count). The number of carbonyl (C=O) groups is 1. The number of amides is 1. The van der Waals surface area contributed by atoms with Gasteiger partial charge in [-0.2, -0.15) is 0 Å². The molecule has 2 heterocycles. The van der Waals surface area contributed by atoms with Gasteiger partial charge >= 0.3 is 0 Å². The molecule has 0 aromatic rings. The second kappa shape index (κ2) is 3.29. The number of hydrogen-bond acceptors (Lipinski definition) is 2. The number of likely N-dealkylation sites (tertiary alicyclic amines) is 1. The van der Waals surface area contributed by atoms with E-state index < -0.39 is 0 Å². The van der Waals surface area contributed by atoms with Crippen molar-refractivity contribution in [2.75, 3.05) is 19.8 Å². The van der Waals surface area contributed by atoms with E-state index in [-0.39, 0.29) is 5.92 Å². The van der Waals surface area contributed by atoms with Crippen LogP contribution >= 0.6 is 0 Å². The summed E-state index contributed by atoms with van der Waals surface area (Å²) in [6, 6.07) is 0.424. The van der Waals surface area contributed by atoms with Crippen LogP contribution in [0.2, 0.25) is 0 Å². The molecule has 2 fully saturated rings. The lowest BCUT2D eigenvalue weighted by atomic mass is 10.0. The SMILES string of the molecule is CC1CCN(C(=O)C2COC2)C1C. The van der Waals surface area contributed by atoms with Crippen molar-refractivity contribution in [1.82, 2.24) is 4.90 Å². The van der Waals surface area contributed by atoms with Gasteiger partial charge in [-0.1, -0.05) is 6.92 Å². The highest BCUT2D eigenvalue weighted by Crippen LogP contribution is 2.26. The first kappa shape index (κ1) is 9.00. The van der Waals surface area contributed by atoms with Gasteiger partial charge in [-0.3, -0.25) is 4.79 Å². The van der Waals surface area contributed by atoms with Crippen molar-refractivity contribution in [1.29, 1.82) is 0 Å². The van der Waals surface area contributed by atoms with Crippen LogP contribution in [0.15, 0.2) is 0 Å². The molecular formula is C10H17NO2. The maximum Gasteiger partial charge on any atom is 0.230 e. The molecule has 0 radical (unpaired) electrons. The van der Waals surface area contributed by atoms with Crippen LogP contribution in [0.5, 0.6) is 0 Å². The molecule has 13 heavy (non-hydrogen) atoms. The fourth-order valence-corrected chi connectivity index (χ4v) is 2.02. The van der Waals surface area contributed by atoms with Gasteiger partial charge in [-0.25, -0.2) is 0 Å². The second-order valence-corrected chi connectivity index (χ2v) is 4.27. The molecule has 0 saturated carbocycles. The highest BCUT2D eigenvalue weighted by molar-refractivity contribution is 5.80. The molecule has 3 heteroatoms. The second-order valence-electron chi connectivity index (χ2n) is 4.27. The predicted molar refractivity (Wildman–Crippen MR) is 49.3 cm³/mol. The zero-order chi connectivity index (χ0) is 9.42. The molecule has 2 atom stereocenters. The van der Waals surface area contributed by atoms with Crippen molar-refractivity contribution in [2.24, 2.45) is 11.8 Å². The average molecular weight is 183 g/mol. The van der Waals surface area contributed by atoms with E-state index >= 15 is 0 Å². The third-order valence-corrected chi connectivity index (χ3v) is 3.41. The number of hydrogen-bond donors (Lipinski definition) is 0. The Bertz CT molecular complexity index is 213. The van der Waals surface area contributed by atoms with Gasteiger partial charge in [-0.15, -0.1) is 0 Å². The third kappa shape index (κ3) is 1.46. The van der Waals surface area contributed by atoms with Gasteiger partial charge in [0.05, 0.1) is 19.1 Å². The Hall–Kier alpha value is -0.570. The summed E-state index contributed by atoms with van der Waals surface area (Å²) in [4.78, 5) is 13.9. The number of ether oxygens (including phenoxy) is 1. The molecule has 0 aromatic carbocycles. The van der Waals surface area contributed by atoms with Crippen LogP contribution in [-0.2, 0) is 9.53 Å². The van der Waals surface area contributed by atoms with Crippen molar-refractivity contribution in [2.45, 2.75) is 26.3 Å². The molecule has 0 aliphatic carbocycles. The van der Waals surface area contributed by atoms with Crippen molar-refractivity contribution >= 4 is 5.91 Å². The van der Waals surface area contributed by atoms with Crippen LogP contribution in [0.4, 0.5) is 0 Å². The lowest BCUT2D eigenvalue weighted by molar-refractivity contribution is -0.150. The Labute approximate surface area is 79.0 Å². The first-order valence-electron chi connectivity index (χ1n) is 5.08. The van der Waals surface area contributed by atoms with Crippen LogP contribution in [0.25, 0.3) is 0 Å². The van der Waals surface area contributed by atoms with E-state index in [1.165, 1.54) is 0 Å². The van der Waals surface area contributed by atoms with Crippen LogP contribution in [0.3, 0.4) is 0 Å². The summed E-state index contributed by atoms with van der Waals surface area (Å²) in [6.45, 7) is 6.58. The summed E-state index contributed by atoms with van der Waals surface area (Å²) >= 11 is 0. The van der Waals surface area contributed by atoms with Gasteiger partial charge in [0.1, 0.15) is 0 Å². The first-order chi connectivity index (χ1) is 6.20. The lowest BCUT2D eigenvalue weighted by Gasteiger charge is -2.32. The third-order valence-electron chi connectivity index (χ3n) is 3.41. The van der Waals surface area contributed by atoms with Gasteiger partial charge in [0.25, 0.3) is 0 Å². The number of rotatable bonds is 1. The van der Waals surface area contributed by atoms with Crippen molar-refractivity contribution in [3.8, 4) is 0 Å². The highest BCUT2D eigenvalue weighted by atomic mass is 16.5. The molecule has 74 valence electrons. The van der Waals surface area contributed by atoms with Crippen LogP contribution < -0.4 is 0 Å². The molecule has 0 bridgehead atoms. The van der Waals surface area contributed by atoms with E-state index in [0.717, 1.165) is 13.0 Å². The molecule has 2 aliphatic heterocycles.